The maximum absolute atomic E-state index is 12.8. The van der Waals surface area contributed by atoms with Crippen molar-refractivity contribution < 1.29 is 4.79 Å². The third-order valence-corrected chi connectivity index (χ3v) is 6.41. The van der Waals surface area contributed by atoms with Crippen molar-refractivity contribution in [1.82, 2.24) is 19.2 Å². The van der Waals surface area contributed by atoms with Crippen LogP contribution in [0.2, 0.25) is 0 Å². The molecule has 0 bridgehead atoms. The molecule has 0 unspecified atom stereocenters. The molecular weight excluding hydrogens is 394 g/mol. The molecule has 1 aliphatic rings. The van der Waals surface area contributed by atoms with Crippen LogP contribution in [-0.2, 0) is 17.9 Å². The van der Waals surface area contributed by atoms with Gasteiger partial charge >= 0.3 is 0 Å². The number of fused-ring (bicyclic) bond motifs is 1. The highest BCUT2D eigenvalue weighted by molar-refractivity contribution is 7.15. The molecule has 2 aromatic heterocycles. The van der Waals surface area contributed by atoms with Crippen LogP contribution in [0.5, 0.6) is 0 Å². The summed E-state index contributed by atoms with van der Waals surface area (Å²) in [6, 6.07) is 18.1. The number of amides is 1. The lowest BCUT2D eigenvalue weighted by molar-refractivity contribution is -0.137. The number of nitrogens with zero attached hydrogens (tertiary/aromatic N) is 4. The first-order chi connectivity index (χ1) is 14.7. The van der Waals surface area contributed by atoms with Crippen LogP contribution in [0.3, 0.4) is 0 Å². The number of imidazole rings is 1. The number of aromatic nitrogens is 2. The normalized spacial score (nSPS) is 15.2. The topological polar surface area (TPSA) is 66.9 Å². The molecule has 1 aliphatic heterocycles. The van der Waals surface area contributed by atoms with E-state index in [1.165, 1.54) is 5.56 Å². The van der Waals surface area contributed by atoms with Crippen LogP contribution in [0.25, 0.3) is 16.2 Å². The molecule has 1 amide bonds. The maximum Gasteiger partial charge on any atom is 0.237 e. The lowest BCUT2D eigenvalue weighted by atomic mass is 10.1. The summed E-state index contributed by atoms with van der Waals surface area (Å²) in [6.07, 6.45) is 2.02. The molecule has 5 rings (SSSR count). The Morgan fingerprint density at radius 2 is 1.80 bits per heavy atom. The van der Waals surface area contributed by atoms with Gasteiger partial charge in [-0.3, -0.25) is 14.1 Å². The average molecular weight is 418 g/mol. The lowest BCUT2D eigenvalue weighted by Crippen LogP contribution is -2.49. The van der Waals surface area contributed by atoms with E-state index in [0.717, 1.165) is 47.2 Å². The van der Waals surface area contributed by atoms with Gasteiger partial charge < -0.3 is 10.6 Å². The second kappa shape index (κ2) is 7.93. The Morgan fingerprint density at radius 1 is 1.00 bits per heavy atom. The van der Waals surface area contributed by atoms with Crippen LogP contribution >= 0.6 is 11.3 Å². The maximum atomic E-state index is 12.8. The number of carbonyl (C=O) groups excluding carboxylic acids is 1. The summed E-state index contributed by atoms with van der Waals surface area (Å²) in [6.45, 7) is 3.47. The number of thiazole rings is 1. The summed E-state index contributed by atoms with van der Waals surface area (Å²) >= 11 is 1.59. The van der Waals surface area contributed by atoms with Gasteiger partial charge in [-0.2, -0.15) is 0 Å². The zero-order valence-electron chi connectivity index (χ0n) is 16.6. The minimum Gasteiger partial charge on any atom is -0.398 e. The predicted molar refractivity (Wildman–Crippen MR) is 120 cm³/mol. The minimum atomic E-state index is 0.171. The van der Waals surface area contributed by atoms with Gasteiger partial charge in [0.05, 0.1) is 24.5 Å². The molecule has 0 aliphatic carbocycles. The van der Waals surface area contributed by atoms with Crippen molar-refractivity contribution in [3.8, 4) is 11.3 Å². The number of nitrogen functional groups attached to an aromatic ring is 1. The predicted octanol–water partition coefficient (Wildman–Crippen LogP) is 3.49. The van der Waals surface area contributed by atoms with E-state index < -0.39 is 0 Å². The number of hydrogen-bond donors (Lipinski definition) is 1. The van der Waals surface area contributed by atoms with Gasteiger partial charge in [-0.15, -0.1) is 11.3 Å². The minimum absolute atomic E-state index is 0.171. The number of hydrogen-bond acceptors (Lipinski definition) is 5. The molecule has 1 fully saturated rings. The van der Waals surface area contributed by atoms with Crippen LogP contribution in [0, 0.1) is 0 Å². The number of anilines is 1. The van der Waals surface area contributed by atoms with Crippen molar-refractivity contribution in [3.63, 3.8) is 0 Å². The third kappa shape index (κ3) is 3.69. The fourth-order valence-electron chi connectivity index (χ4n) is 3.90. The first-order valence-corrected chi connectivity index (χ1v) is 10.9. The van der Waals surface area contributed by atoms with Crippen LogP contribution in [0.1, 0.15) is 11.3 Å². The third-order valence-electron chi connectivity index (χ3n) is 5.52. The zero-order chi connectivity index (χ0) is 20.5. The largest absolute Gasteiger partial charge is 0.398 e. The Morgan fingerprint density at radius 3 is 2.60 bits per heavy atom. The van der Waals surface area contributed by atoms with Crippen molar-refractivity contribution >= 4 is 27.9 Å². The molecule has 2 N–H and O–H groups in total. The molecule has 30 heavy (non-hydrogen) atoms. The molecule has 0 saturated carbocycles. The van der Waals surface area contributed by atoms with Crippen molar-refractivity contribution in [3.05, 3.63) is 77.4 Å². The Balaban J connectivity index is 1.29. The molecular formula is C23H23N5OS. The van der Waals surface area contributed by atoms with Crippen LogP contribution < -0.4 is 5.73 Å². The first kappa shape index (κ1) is 18.8. The molecule has 6 nitrogen and oxygen atoms in total. The summed E-state index contributed by atoms with van der Waals surface area (Å²) in [5.74, 6) is 0.171. The SMILES string of the molecule is Nc1ccccc1-c1cn2c(CN3CCN(Cc4ccccc4)CC3=O)csc2n1. The molecule has 7 heteroatoms. The number of carbonyl (C=O) groups is 1. The monoisotopic (exact) mass is 417 g/mol. The van der Waals surface area contributed by atoms with E-state index in [4.69, 9.17) is 10.7 Å². The van der Waals surface area contributed by atoms with E-state index in [2.05, 4.69) is 26.8 Å². The van der Waals surface area contributed by atoms with E-state index in [9.17, 15) is 4.79 Å². The van der Waals surface area contributed by atoms with Gasteiger partial charge in [0.2, 0.25) is 5.91 Å². The fraction of sp³-hybridized carbons (Fsp3) is 0.217. The van der Waals surface area contributed by atoms with Gasteiger partial charge in [-0.25, -0.2) is 4.98 Å². The summed E-state index contributed by atoms with van der Waals surface area (Å²) in [5, 5.41) is 2.09. The Labute approximate surface area is 179 Å². The second-order valence-electron chi connectivity index (χ2n) is 7.60. The number of piperazine rings is 1. The van der Waals surface area contributed by atoms with E-state index in [1.807, 2.05) is 53.6 Å². The van der Waals surface area contributed by atoms with Gasteiger partial charge in [0.15, 0.2) is 4.96 Å². The highest BCUT2D eigenvalue weighted by atomic mass is 32.1. The smallest absolute Gasteiger partial charge is 0.237 e. The summed E-state index contributed by atoms with van der Waals surface area (Å²) < 4.78 is 2.08. The van der Waals surface area contributed by atoms with E-state index in [0.29, 0.717) is 13.1 Å². The van der Waals surface area contributed by atoms with E-state index in [1.54, 1.807) is 11.3 Å². The second-order valence-corrected chi connectivity index (χ2v) is 8.44. The lowest BCUT2D eigenvalue weighted by Gasteiger charge is -2.34. The van der Waals surface area contributed by atoms with Crippen molar-refractivity contribution in [2.75, 3.05) is 25.4 Å². The molecule has 0 radical (unpaired) electrons. The van der Waals surface area contributed by atoms with Crippen LogP contribution in [0.4, 0.5) is 5.69 Å². The Kier molecular flexibility index (Phi) is 4.98. The van der Waals surface area contributed by atoms with Gasteiger partial charge in [-0.1, -0.05) is 48.5 Å². The number of rotatable bonds is 5. The molecule has 0 spiro atoms. The van der Waals surface area contributed by atoms with Crippen molar-refractivity contribution in [1.29, 1.82) is 0 Å². The Hall–Kier alpha value is -3.16. The molecule has 2 aromatic carbocycles. The van der Waals surface area contributed by atoms with Gasteiger partial charge in [0.25, 0.3) is 0 Å². The number of para-hydroxylation sites is 1. The summed E-state index contributed by atoms with van der Waals surface area (Å²) in [4.78, 5) is 22.6. The number of benzene rings is 2. The average Bonchev–Trinajstić information content (AvgIpc) is 3.33. The molecule has 3 heterocycles. The molecule has 1 saturated heterocycles. The Bertz CT molecular complexity index is 1180. The van der Waals surface area contributed by atoms with Gasteiger partial charge in [0, 0.05) is 42.5 Å². The zero-order valence-corrected chi connectivity index (χ0v) is 17.4. The first-order valence-electron chi connectivity index (χ1n) is 10.0. The summed E-state index contributed by atoms with van der Waals surface area (Å²) in [5.41, 5.74) is 10.9. The van der Waals surface area contributed by atoms with Crippen molar-refractivity contribution in [2.45, 2.75) is 13.1 Å². The summed E-state index contributed by atoms with van der Waals surface area (Å²) in [7, 11) is 0. The highest BCUT2D eigenvalue weighted by Gasteiger charge is 2.25. The van der Waals surface area contributed by atoms with Crippen LogP contribution in [0.15, 0.2) is 66.2 Å². The molecule has 152 valence electrons. The molecule has 0 atom stereocenters. The van der Waals surface area contributed by atoms with Gasteiger partial charge in [0.1, 0.15) is 0 Å². The van der Waals surface area contributed by atoms with Crippen LogP contribution in [-0.4, -0.2) is 44.7 Å². The quantitative estimate of drug-likeness (QED) is 0.505. The van der Waals surface area contributed by atoms with E-state index in [-0.39, 0.29) is 5.91 Å². The molecule has 4 aromatic rings. The highest BCUT2D eigenvalue weighted by Crippen LogP contribution is 2.28. The van der Waals surface area contributed by atoms with Crippen molar-refractivity contribution in [2.24, 2.45) is 0 Å². The van der Waals surface area contributed by atoms with E-state index >= 15 is 0 Å². The fourth-order valence-corrected chi connectivity index (χ4v) is 4.76. The standard InChI is InChI=1S/C23H23N5OS/c24-20-9-5-4-8-19(20)21-14-28-18(16-30-23(28)25-21)13-27-11-10-26(15-22(27)29)12-17-6-2-1-3-7-17/h1-9,14,16H,10-13,15,24H2. The van der Waals surface area contributed by atoms with Gasteiger partial charge in [-0.05, 0) is 11.6 Å². The number of nitrogens with two attached hydrogens (primary N) is 1.